The molecular formula is C14H16ClN5O. The van der Waals surface area contributed by atoms with Crippen LogP contribution in [0.2, 0.25) is 5.02 Å². The highest BCUT2D eigenvalue weighted by atomic mass is 35.5. The first-order valence-corrected chi connectivity index (χ1v) is 6.97. The molecule has 1 N–H and O–H groups in total. The predicted octanol–water partition coefficient (Wildman–Crippen LogP) is 2.25. The van der Waals surface area contributed by atoms with Crippen molar-refractivity contribution in [1.29, 1.82) is 0 Å². The molecule has 2 rings (SSSR count). The van der Waals surface area contributed by atoms with Gasteiger partial charge in [0.1, 0.15) is 0 Å². The number of hydrogen-bond donors (Lipinski definition) is 1. The number of carbonyl (C=O) groups is 1. The first kappa shape index (κ1) is 15.2. The van der Waals surface area contributed by atoms with Gasteiger partial charge in [-0.15, -0.1) is 16.8 Å². The number of carbonyl (C=O) groups excluding carboxylic acids is 1. The number of rotatable bonds is 6. The average molecular weight is 306 g/mol. The van der Waals surface area contributed by atoms with Crippen molar-refractivity contribution in [1.82, 2.24) is 25.5 Å². The van der Waals surface area contributed by atoms with Crippen LogP contribution in [-0.4, -0.2) is 32.7 Å². The first-order chi connectivity index (χ1) is 10.2. The minimum atomic E-state index is -0.487. The summed E-state index contributed by atoms with van der Waals surface area (Å²) in [7, 11) is 0. The lowest BCUT2D eigenvalue weighted by atomic mass is 10.2. The van der Waals surface area contributed by atoms with Crippen LogP contribution in [0.5, 0.6) is 0 Å². The molecule has 6 nitrogen and oxygen atoms in total. The van der Waals surface area contributed by atoms with Crippen LogP contribution in [0.15, 0.2) is 36.9 Å². The van der Waals surface area contributed by atoms with Crippen molar-refractivity contribution in [2.75, 3.05) is 6.54 Å². The number of benzene rings is 1. The highest BCUT2D eigenvalue weighted by Gasteiger charge is 2.21. The van der Waals surface area contributed by atoms with E-state index in [1.165, 1.54) is 4.80 Å². The van der Waals surface area contributed by atoms with Gasteiger partial charge < -0.3 is 5.32 Å². The summed E-state index contributed by atoms with van der Waals surface area (Å²) in [6.45, 7) is 5.87. The lowest BCUT2D eigenvalue weighted by Gasteiger charge is -2.12. The maximum atomic E-state index is 12.0. The van der Waals surface area contributed by atoms with Gasteiger partial charge in [-0.1, -0.05) is 24.6 Å². The molecule has 0 aliphatic heterocycles. The molecule has 0 saturated heterocycles. The fourth-order valence-electron chi connectivity index (χ4n) is 1.82. The van der Waals surface area contributed by atoms with E-state index in [2.05, 4.69) is 27.3 Å². The van der Waals surface area contributed by atoms with Crippen LogP contribution >= 0.6 is 11.6 Å². The number of nitrogens with zero attached hydrogens (tertiary/aromatic N) is 4. The third-order valence-electron chi connectivity index (χ3n) is 2.92. The number of tetrazole rings is 1. The highest BCUT2D eigenvalue weighted by molar-refractivity contribution is 6.30. The van der Waals surface area contributed by atoms with Crippen LogP contribution < -0.4 is 5.32 Å². The van der Waals surface area contributed by atoms with Gasteiger partial charge in [0.15, 0.2) is 6.04 Å². The van der Waals surface area contributed by atoms with Crippen molar-refractivity contribution < 1.29 is 4.79 Å². The molecule has 110 valence electrons. The Morgan fingerprint density at radius 3 is 2.81 bits per heavy atom. The summed E-state index contributed by atoms with van der Waals surface area (Å²) in [5.41, 5.74) is 0.798. The van der Waals surface area contributed by atoms with Crippen LogP contribution in [0.1, 0.15) is 19.4 Å². The number of halogens is 1. The van der Waals surface area contributed by atoms with Gasteiger partial charge >= 0.3 is 0 Å². The lowest BCUT2D eigenvalue weighted by Crippen LogP contribution is -2.33. The molecule has 2 aromatic rings. The van der Waals surface area contributed by atoms with Crippen LogP contribution in [0.3, 0.4) is 0 Å². The second kappa shape index (κ2) is 6.99. The van der Waals surface area contributed by atoms with Gasteiger partial charge in [-0.25, -0.2) is 0 Å². The zero-order valence-corrected chi connectivity index (χ0v) is 12.4. The Morgan fingerprint density at radius 1 is 1.48 bits per heavy atom. The van der Waals surface area contributed by atoms with E-state index in [0.29, 0.717) is 23.8 Å². The number of amides is 1. The molecule has 1 heterocycles. The minimum Gasteiger partial charge on any atom is -0.351 e. The molecule has 1 aromatic heterocycles. The molecule has 0 spiro atoms. The van der Waals surface area contributed by atoms with E-state index >= 15 is 0 Å². The average Bonchev–Trinajstić information content (AvgIpc) is 2.96. The Kier molecular flexibility index (Phi) is 5.05. The van der Waals surface area contributed by atoms with Crippen molar-refractivity contribution in [3.63, 3.8) is 0 Å². The van der Waals surface area contributed by atoms with Crippen molar-refractivity contribution in [2.45, 2.75) is 19.4 Å². The SMILES string of the molecule is C=CCNC(=O)[C@H](CC)n1nnc(-c2ccc(Cl)cc2)n1. The Morgan fingerprint density at radius 2 is 2.19 bits per heavy atom. The summed E-state index contributed by atoms with van der Waals surface area (Å²) < 4.78 is 0. The van der Waals surface area contributed by atoms with Gasteiger partial charge in [0.25, 0.3) is 0 Å². The van der Waals surface area contributed by atoms with Gasteiger partial charge in [0.2, 0.25) is 11.7 Å². The molecule has 0 radical (unpaired) electrons. The van der Waals surface area contributed by atoms with E-state index in [4.69, 9.17) is 11.6 Å². The summed E-state index contributed by atoms with van der Waals surface area (Å²) in [6, 6.07) is 6.64. The molecule has 1 amide bonds. The van der Waals surface area contributed by atoms with Crippen LogP contribution in [-0.2, 0) is 4.79 Å². The zero-order chi connectivity index (χ0) is 15.2. The molecule has 0 aliphatic rings. The zero-order valence-electron chi connectivity index (χ0n) is 11.7. The number of aromatic nitrogens is 4. The van der Waals surface area contributed by atoms with Crippen LogP contribution in [0, 0.1) is 0 Å². The summed E-state index contributed by atoms with van der Waals surface area (Å²) in [6.07, 6.45) is 2.19. The summed E-state index contributed by atoms with van der Waals surface area (Å²) in [4.78, 5) is 13.4. The molecule has 0 fully saturated rings. The number of hydrogen-bond acceptors (Lipinski definition) is 4. The van der Waals surface area contributed by atoms with Crippen molar-refractivity contribution in [3.05, 3.63) is 41.9 Å². The molecule has 0 unspecified atom stereocenters. The Hall–Kier alpha value is -2.21. The van der Waals surface area contributed by atoms with E-state index in [0.717, 1.165) is 5.56 Å². The van der Waals surface area contributed by atoms with Gasteiger partial charge in [0, 0.05) is 17.1 Å². The largest absolute Gasteiger partial charge is 0.351 e. The van der Waals surface area contributed by atoms with Gasteiger partial charge in [-0.3, -0.25) is 4.79 Å². The summed E-state index contributed by atoms with van der Waals surface area (Å²) in [5.74, 6) is 0.305. The van der Waals surface area contributed by atoms with Crippen molar-refractivity contribution in [3.8, 4) is 11.4 Å². The quantitative estimate of drug-likeness (QED) is 0.831. The molecule has 0 aliphatic carbocycles. The summed E-state index contributed by atoms with van der Waals surface area (Å²) >= 11 is 5.84. The van der Waals surface area contributed by atoms with E-state index in [-0.39, 0.29) is 5.91 Å². The maximum absolute atomic E-state index is 12.0. The fourth-order valence-corrected chi connectivity index (χ4v) is 1.94. The monoisotopic (exact) mass is 305 g/mol. The van der Waals surface area contributed by atoms with Gasteiger partial charge in [0.05, 0.1) is 0 Å². The standard InChI is InChI=1S/C14H16ClN5O/c1-3-9-16-14(21)12(4-2)20-18-13(17-19-20)10-5-7-11(15)8-6-10/h3,5-8,12H,1,4,9H2,2H3,(H,16,21)/t12-/m0/s1. The second-order valence-corrected chi connectivity index (χ2v) is 4.83. The molecule has 0 bridgehead atoms. The maximum Gasteiger partial charge on any atom is 0.247 e. The van der Waals surface area contributed by atoms with Crippen molar-refractivity contribution >= 4 is 17.5 Å². The van der Waals surface area contributed by atoms with Gasteiger partial charge in [-0.05, 0) is 35.9 Å². The van der Waals surface area contributed by atoms with E-state index < -0.39 is 6.04 Å². The molecule has 1 aromatic carbocycles. The van der Waals surface area contributed by atoms with Crippen molar-refractivity contribution in [2.24, 2.45) is 0 Å². The summed E-state index contributed by atoms with van der Waals surface area (Å²) in [5, 5.41) is 15.6. The molecule has 0 saturated carbocycles. The predicted molar refractivity (Wildman–Crippen MR) is 80.8 cm³/mol. The third kappa shape index (κ3) is 3.66. The van der Waals surface area contributed by atoms with Crippen LogP contribution in [0.25, 0.3) is 11.4 Å². The fraction of sp³-hybridized carbons (Fsp3) is 0.286. The minimum absolute atomic E-state index is 0.155. The highest BCUT2D eigenvalue weighted by Crippen LogP contribution is 2.18. The lowest BCUT2D eigenvalue weighted by molar-refractivity contribution is -0.124. The normalized spacial score (nSPS) is 11.9. The number of nitrogens with one attached hydrogen (secondary N) is 1. The molecular weight excluding hydrogens is 290 g/mol. The molecule has 7 heteroatoms. The van der Waals surface area contributed by atoms with E-state index in [1.807, 2.05) is 19.1 Å². The topological polar surface area (TPSA) is 72.7 Å². The first-order valence-electron chi connectivity index (χ1n) is 6.59. The third-order valence-corrected chi connectivity index (χ3v) is 3.17. The Balaban J connectivity index is 2.19. The molecule has 1 atom stereocenters. The van der Waals surface area contributed by atoms with E-state index in [1.54, 1.807) is 18.2 Å². The Bertz CT molecular complexity index is 623. The van der Waals surface area contributed by atoms with E-state index in [9.17, 15) is 4.79 Å². The Labute approximate surface area is 127 Å². The second-order valence-electron chi connectivity index (χ2n) is 4.40. The molecule has 21 heavy (non-hydrogen) atoms. The smallest absolute Gasteiger partial charge is 0.247 e. The van der Waals surface area contributed by atoms with Crippen LogP contribution in [0.4, 0.5) is 0 Å². The van der Waals surface area contributed by atoms with Gasteiger partial charge in [-0.2, -0.15) is 4.80 Å².